The molecule has 2 atom stereocenters. The van der Waals surface area contributed by atoms with E-state index in [1.54, 1.807) is 28.7 Å². The second-order valence-electron chi connectivity index (χ2n) is 6.53. The molecule has 3 aromatic rings. The fourth-order valence-corrected chi connectivity index (χ4v) is 3.41. The maximum Gasteiger partial charge on any atom is 0.259 e. The van der Waals surface area contributed by atoms with Crippen molar-refractivity contribution >= 4 is 11.6 Å². The number of likely N-dealkylation sites (tertiary alicyclic amines) is 1. The first kappa shape index (κ1) is 15.8. The van der Waals surface area contributed by atoms with Crippen molar-refractivity contribution < 1.29 is 9.90 Å². The zero-order valence-corrected chi connectivity index (χ0v) is 14.0. The highest BCUT2D eigenvalue weighted by Crippen LogP contribution is 2.24. The Balaban J connectivity index is 1.69. The minimum atomic E-state index is -0.399. The molecule has 1 fully saturated rings. The van der Waals surface area contributed by atoms with Gasteiger partial charge in [0.1, 0.15) is 5.56 Å². The summed E-state index contributed by atoms with van der Waals surface area (Å²) >= 11 is 0. The van der Waals surface area contributed by atoms with Gasteiger partial charge in [0.2, 0.25) is 0 Å². The van der Waals surface area contributed by atoms with Gasteiger partial charge in [-0.3, -0.25) is 4.79 Å². The quantitative estimate of drug-likeness (QED) is 0.796. The van der Waals surface area contributed by atoms with E-state index in [9.17, 15) is 9.90 Å². The number of aliphatic hydroxyl groups excluding tert-OH is 1. The lowest BCUT2D eigenvalue weighted by atomic mass is 10.0. The van der Waals surface area contributed by atoms with Crippen molar-refractivity contribution in [3.05, 3.63) is 54.4 Å². The molecule has 1 aliphatic heterocycles. The van der Waals surface area contributed by atoms with E-state index in [-0.39, 0.29) is 11.8 Å². The molecule has 0 aliphatic carbocycles. The number of hydrogen-bond donors (Lipinski definition) is 1. The standard InChI is InChI=1S/C19H20N4O2/c1-13(24)15-8-10-22(12-15)19(25)16-11-21-23-17(7-9-20-18(16)23)14-5-3-2-4-6-14/h2-7,9,11,13,15,24H,8,10,12H2,1H3. The predicted molar refractivity (Wildman–Crippen MR) is 94.1 cm³/mol. The molecule has 2 aromatic heterocycles. The minimum absolute atomic E-state index is 0.0733. The fraction of sp³-hybridized carbons (Fsp3) is 0.316. The number of fused-ring (bicyclic) bond motifs is 1. The number of benzene rings is 1. The SMILES string of the molecule is CC(O)C1CCN(C(=O)c2cnn3c(-c4ccccc4)ccnc23)C1. The van der Waals surface area contributed by atoms with Crippen molar-refractivity contribution in [2.24, 2.45) is 5.92 Å². The molecule has 6 nitrogen and oxygen atoms in total. The van der Waals surface area contributed by atoms with Crippen molar-refractivity contribution in [1.82, 2.24) is 19.5 Å². The van der Waals surface area contributed by atoms with Crippen LogP contribution in [-0.2, 0) is 0 Å². The van der Waals surface area contributed by atoms with E-state index < -0.39 is 6.10 Å². The van der Waals surface area contributed by atoms with Gasteiger partial charge >= 0.3 is 0 Å². The summed E-state index contributed by atoms with van der Waals surface area (Å²) in [5.74, 6) is 0.0643. The summed E-state index contributed by atoms with van der Waals surface area (Å²) in [6, 6.07) is 11.8. The normalized spacial score (nSPS) is 18.6. The molecule has 1 aliphatic rings. The maximum absolute atomic E-state index is 12.9. The molecule has 0 bridgehead atoms. The topological polar surface area (TPSA) is 70.7 Å². The Bertz CT molecular complexity index is 904. The molecule has 1 aromatic carbocycles. The van der Waals surface area contributed by atoms with Crippen LogP contribution in [0.5, 0.6) is 0 Å². The van der Waals surface area contributed by atoms with Gasteiger partial charge in [0.15, 0.2) is 5.65 Å². The highest BCUT2D eigenvalue weighted by Gasteiger charge is 2.31. The third-order valence-corrected chi connectivity index (χ3v) is 4.90. The first-order valence-corrected chi connectivity index (χ1v) is 8.50. The van der Waals surface area contributed by atoms with E-state index in [0.29, 0.717) is 24.3 Å². The van der Waals surface area contributed by atoms with E-state index >= 15 is 0 Å². The summed E-state index contributed by atoms with van der Waals surface area (Å²) in [6.07, 6.45) is 3.72. The number of nitrogens with zero attached hydrogens (tertiary/aromatic N) is 4. The number of hydrogen-bond acceptors (Lipinski definition) is 4. The molecule has 3 heterocycles. The molecule has 1 amide bonds. The van der Waals surface area contributed by atoms with Crippen LogP contribution >= 0.6 is 0 Å². The molecule has 6 heteroatoms. The summed E-state index contributed by atoms with van der Waals surface area (Å²) in [7, 11) is 0. The maximum atomic E-state index is 12.9. The molecule has 128 valence electrons. The van der Waals surface area contributed by atoms with Crippen LogP contribution in [0, 0.1) is 5.92 Å². The number of amides is 1. The first-order chi connectivity index (χ1) is 12.1. The van der Waals surface area contributed by atoms with Crippen molar-refractivity contribution in [2.75, 3.05) is 13.1 Å². The van der Waals surface area contributed by atoms with Gasteiger partial charge in [0, 0.05) is 30.8 Å². The van der Waals surface area contributed by atoms with E-state index in [1.807, 2.05) is 36.4 Å². The van der Waals surface area contributed by atoms with Gasteiger partial charge in [-0.25, -0.2) is 9.50 Å². The number of aromatic nitrogens is 3. The van der Waals surface area contributed by atoms with Crippen LogP contribution in [-0.4, -0.2) is 49.7 Å². The Morgan fingerprint density at radius 2 is 2.08 bits per heavy atom. The molecule has 2 unspecified atom stereocenters. The van der Waals surface area contributed by atoms with E-state index in [4.69, 9.17) is 0 Å². The van der Waals surface area contributed by atoms with E-state index in [0.717, 1.165) is 17.7 Å². The molecule has 1 N–H and O–H groups in total. The molecular formula is C19H20N4O2. The highest BCUT2D eigenvalue weighted by atomic mass is 16.3. The van der Waals surface area contributed by atoms with Gasteiger partial charge in [-0.1, -0.05) is 30.3 Å². The minimum Gasteiger partial charge on any atom is -0.393 e. The number of carbonyl (C=O) groups excluding carboxylic acids is 1. The van der Waals surface area contributed by atoms with Crippen LogP contribution < -0.4 is 0 Å². The average molecular weight is 336 g/mol. The smallest absolute Gasteiger partial charge is 0.259 e. The van der Waals surface area contributed by atoms with Crippen LogP contribution in [0.15, 0.2) is 48.8 Å². The summed E-state index contributed by atoms with van der Waals surface area (Å²) in [6.45, 7) is 3.01. The Labute approximate surface area is 145 Å². The monoisotopic (exact) mass is 336 g/mol. The Morgan fingerprint density at radius 3 is 2.80 bits per heavy atom. The Morgan fingerprint density at radius 1 is 1.28 bits per heavy atom. The third kappa shape index (κ3) is 2.78. The zero-order chi connectivity index (χ0) is 17.4. The van der Waals surface area contributed by atoms with Gasteiger partial charge in [-0.15, -0.1) is 0 Å². The van der Waals surface area contributed by atoms with Crippen LogP contribution in [0.4, 0.5) is 0 Å². The molecule has 4 rings (SSSR count). The Kier molecular flexibility index (Phi) is 3.97. The second kappa shape index (κ2) is 6.29. The predicted octanol–water partition coefficient (Wildman–Crippen LogP) is 2.24. The number of aliphatic hydroxyl groups is 1. The number of carbonyl (C=O) groups is 1. The summed E-state index contributed by atoms with van der Waals surface area (Å²) in [5, 5.41) is 14.1. The van der Waals surface area contributed by atoms with Crippen molar-refractivity contribution in [1.29, 1.82) is 0 Å². The lowest BCUT2D eigenvalue weighted by molar-refractivity contribution is 0.0764. The lowest BCUT2D eigenvalue weighted by Gasteiger charge is -2.17. The Hall–Kier alpha value is -2.73. The lowest BCUT2D eigenvalue weighted by Crippen LogP contribution is -2.30. The molecule has 0 saturated carbocycles. The van der Waals surface area contributed by atoms with Gasteiger partial charge in [-0.2, -0.15) is 5.10 Å². The van der Waals surface area contributed by atoms with Crippen molar-refractivity contribution in [2.45, 2.75) is 19.4 Å². The molecule has 25 heavy (non-hydrogen) atoms. The van der Waals surface area contributed by atoms with Crippen LogP contribution in [0.3, 0.4) is 0 Å². The molecule has 0 radical (unpaired) electrons. The summed E-state index contributed by atoms with van der Waals surface area (Å²) in [5.41, 5.74) is 2.98. The molecule has 1 saturated heterocycles. The summed E-state index contributed by atoms with van der Waals surface area (Å²) in [4.78, 5) is 19.0. The second-order valence-corrected chi connectivity index (χ2v) is 6.53. The van der Waals surface area contributed by atoms with Gasteiger partial charge in [-0.05, 0) is 19.4 Å². The van der Waals surface area contributed by atoms with E-state index in [1.165, 1.54) is 0 Å². The van der Waals surface area contributed by atoms with Crippen molar-refractivity contribution in [3.63, 3.8) is 0 Å². The highest BCUT2D eigenvalue weighted by molar-refractivity contribution is 6.00. The van der Waals surface area contributed by atoms with Crippen LogP contribution in [0.2, 0.25) is 0 Å². The largest absolute Gasteiger partial charge is 0.393 e. The van der Waals surface area contributed by atoms with Gasteiger partial charge in [0.25, 0.3) is 5.91 Å². The molecule has 0 spiro atoms. The van der Waals surface area contributed by atoms with Crippen molar-refractivity contribution in [3.8, 4) is 11.3 Å². The average Bonchev–Trinajstić information content (AvgIpc) is 3.29. The third-order valence-electron chi connectivity index (χ3n) is 4.90. The van der Waals surface area contributed by atoms with Gasteiger partial charge in [0.05, 0.1) is 18.0 Å². The van der Waals surface area contributed by atoms with Crippen LogP contribution in [0.25, 0.3) is 16.9 Å². The summed E-state index contributed by atoms with van der Waals surface area (Å²) < 4.78 is 1.71. The van der Waals surface area contributed by atoms with E-state index in [2.05, 4.69) is 10.1 Å². The first-order valence-electron chi connectivity index (χ1n) is 8.50. The zero-order valence-electron chi connectivity index (χ0n) is 14.0. The van der Waals surface area contributed by atoms with Gasteiger partial charge < -0.3 is 10.0 Å². The number of rotatable bonds is 3. The molecular weight excluding hydrogens is 316 g/mol. The van der Waals surface area contributed by atoms with Crippen LogP contribution in [0.1, 0.15) is 23.7 Å². The fourth-order valence-electron chi connectivity index (χ4n) is 3.41.